The first-order valence-corrected chi connectivity index (χ1v) is 7.72. The minimum Gasteiger partial charge on any atom is -0.361 e. The van der Waals surface area contributed by atoms with Crippen LogP contribution in [0.15, 0.2) is 42.9 Å². The molecule has 0 fully saturated rings. The maximum Gasteiger partial charge on any atom is 0.193 e. The molecule has 1 aromatic carbocycles. The Morgan fingerprint density at radius 1 is 1.30 bits per heavy atom. The Balaban J connectivity index is 1.72. The predicted molar refractivity (Wildman–Crippen MR) is 83.5 cm³/mol. The largest absolute Gasteiger partial charge is 0.361 e. The molecule has 0 aliphatic carbocycles. The topological polar surface area (TPSA) is 20.5 Å². The summed E-state index contributed by atoms with van der Waals surface area (Å²) in [6.45, 7) is 5.61. The van der Waals surface area contributed by atoms with Gasteiger partial charge in [-0.2, -0.15) is 0 Å². The molecule has 0 atom stereocenters. The van der Waals surface area contributed by atoms with Crippen LogP contribution in [-0.4, -0.2) is 14.9 Å². The molecule has 0 radical (unpaired) electrons. The van der Waals surface area contributed by atoms with Crippen molar-refractivity contribution >= 4 is 22.0 Å². The number of hydrogen-bond donors (Lipinski definition) is 0. The molecule has 4 rings (SSSR count). The highest BCUT2D eigenvalue weighted by atomic mass is 32.1. The van der Waals surface area contributed by atoms with Gasteiger partial charge in [-0.15, -0.1) is 0 Å². The summed E-state index contributed by atoms with van der Waals surface area (Å²) >= 11 is 1.78. The van der Waals surface area contributed by atoms with E-state index in [1.807, 2.05) is 12.4 Å². The standard InChI is InChI=1S/C16H17N3S/c1-16(2)9-12-5-3-4-6-14(12)19(16)11-13-10-18-8-7-17-15(18)20-13/h3-8,10H,9,11H2,1-2H3. The second-order valence-electron chi connectivity index (χ2n) is 6.02. The first kappa shape index (κ1) is 12.0. The first-order chi connectivity index (χ1) is 9.63. The lowest BCUT2D eigenvalue weighted by molar-refractivity contribution is 0.486. The molecule has 3 heterocycles. The minimum atomic E-state index is 0.176. The molecule has 4 heteroatoms. The van der Waals surface area contributed by atoms with E-state index in [-0.39, 0.29) is 5.54 Å². The number of nitrogens with zero attached hydrogens (tertiary/aromatic N) is 3. The second kappa shape index (κ2) is 4.09. The van der Waals surface area contributed by atoms with Crippen molar-refractivity contribution in [2.75, 3.05) is 4.90 Å². The molecule has 102 valence electrons. The summed E-state index contributed by atoms with van der Waals surface area (Å²) in [5.41, 5.74) is 3.01. The smallest absolute Gasteiger partial charge is 0.193 e. The molecule has 3 aromatic rings. The molecular formula is C16H17N3S. The number of rotatable bonds is 2. The fraction of sp³-hybridized carbons (Fsp3) is 0.312. The van der Waals surface area contributed by atoms with Crippen LogP contribution in [0.1, 0.15) is 24.3 Å². The molecule has 0 saturated heterocycles. The summed E-state index contributed by atoms with van der Waals surface area (Å²) in [7, 11) is 0. The van der Waals surface area contributed by atoms with Gasteiger partial charge in [0.1, 0.15) is 0 Å². The lowest BCUT2D eigenvalue weighted by Crippen LogP contribution is -2.40. The van der Waals surface area contributed by atoms with E-state index < -0.39 is 0 Å². The molecule has 20 heavy (non-hydrogen) atoms. The number of thiazole rings is 1. The number of hydrogen-bond acceptors (Lipinski definition) is 3. The third-order valence-electron chi connectivity index (χ3n) is 4.09. The third kappa shape index (κ3) is 1.75. The average molecular weight is 283 g/mol. The van der Waals surface area contributed by atoms with Crippen LogP contribution in [0.5, 0.6) is 0 Å². The fourth-order valence-corrected chi connectivity index (χ4v) is 4.04. The number of fused-ring (bicyclic) bond motifs is 2. The quantitative estimate of drug-likeness (QED) is 0.714. The monoisotopic (exact) mass is 283 g/mol. The van der Waals surface area contributed by atoms with Crippen LogP contribution in [0.25, 0.3) is 4.96 Å². The molecule has 1 aliphatic heterocycles. The summed E-state index contributed by atoms with van der Waals surface area (Å²) in [5, 5.41) is 0. The van der Waals surface area contributed by atoms with E-state index in [0.29, 0.717) is 0 Å². The molecule has 0 unspecified atom stereocenters. The van der Waals surface area contributed by atoms with Gasteiger partial charge < -0.3 is 4.90 Å². The Hall–Kier alpha value is -1.81. The van der Waals surface area contributed by atoms with Crippen molar-refractivity contribution in [3.05, 3.63) is 53.3 Å². The van der Waals surface area contributed by atoms with E-state index in [9.17, 15) is 0 Å². The van der Waals surface area contributed by atoms with E-state index >= 15 is 0 Å². The Labute approximate surface area is 122 Å². The van der Waals surface area contributed by atoms with Crippen molar-refractivity contribution in [2.24, 2.45) is 0 Å². The Bertz CT molecular complexity index is 740. The van der Waals surface area contributed by atoms with Crippen molar-refractivity contribution in [2.45, 2.75) is 32.4 Å². The normalized spacial score (nSPS) is 16.8. The molecular weight excluding hydrogens is 266 g/mol. The van der Waals surface area contributed by atoms with E-state index in [0.717, 1.165) is 17.9 Å². The molecule has 0 saturated carbocycles. The molecule has 0 amide bonds. The number of imidazole rings is 1. The van der Waals surface area contributed by atoms with Gasteiger partial charge in [-0.25, -0.2) is 4.98 Å². The van der Waals surface area contributed by atoms with E-state index in [4.69, 9.17) is 0 Å². The van der Waals surface area contributed by atoms with Gasteiger partial charge in [0.2, 0.25) is 0 Å². The summed E-state index contributed by atoms with van der Waals surface area (Å²) in [6.07, 6.45) is 7.18. The van der Waals surface area contributed by atoms with Gasteiger partial charge in [-0.05, 0) is 31.9 Å². The Morgan fingerprint density at radius 2 is 2.15 bits per heavy atom. The van der Waals surface area contributed by atoms with E-state index in [1.165, 1.54) is 16.1 Å². The second-order valence-corrected chi connectivity index (χ2v) is 7.11. The summed E-state index contributed by atoms with van der Waals surface area (Å²) in [4.78, 5) is 9.31. The fourth-order valence-electron chi connectivity index (χ4n) is 3.11. The van der Waals surface area contributed by atoms with Crippen LogP contribution in [0.4, 0.5) is 5.69 Å². The van der Waals surface area contributed by atoms with Crippen LogP contribution in [0, 0.1) is 0 Å². The predicted octanol–water partition coefficient (Wildman–Crippen LogP) is 3.74. The van der Waals surface area contributed by atoms with E-state index in [2.05, 4.69) is 58.6 Å². The zero-order chi connectivity index (χ0) is 13.7. The van der Waals surface area contributed by atoms with Crippen LogP contribution >= 0.6 is 11.3 Å². The Kier molecular flexibility index (Phi) is 2.45. The average Bonchev–Trinajstić information content (AvgIpc) is 3.02. The number of anilines is 1. The molecule has 3 nitrogen and oxygen atoms in total. The van der Waals surface area contributed by atoms with Gasteiger partial charge in [0.25, 0.3) is 0 Å². The molecule has 0 bridgehead atoms. The van der Waals surface area contributed by atoms with Crippen molar-refractivity contribution < 1.29 is 0 Å². The Morgan fingerprint density at radius 3 is 3.00 bits per heavy atom. The number of aromatic nitrogens is 2. The van der Waals surface area contributed by atoms with Gasteiger partial charge >= 0.3 is 0 Å². The van der Waals surface area contributed by atoms with Gasteiger partial charge in [0.05, 0.1) is 6.54 Å². The zero-order valence-corrected chi connectivity index (χ0v) is 12.5. The van der Waals surface area contributed by atoms with Gasteiger partial charge in [0, 0.05) is 34.7 Å². The highest BCUT2D eigenvalue weighted by Gasteiger charge is 2.35. The maximum atomic E-state index is 4.36. The molecule has 0 spiro atoms. The van der Waals surface area contributed by atoms with Crippen molar-refractivity contribution in [3.63, 3.8) is 0 Å². The summed E-state index contributed by atoms with van der Waals surface area (Å²) < 4.78 is 2.11. The maximum absolute atomic E-state index is 4.36. The van der Waals surface area contributed by atoms with Gasteiger partial charge in [-0.3, -0.25) is 4.40 Å². The molecule has 1 aliphatic rings. The highest BCUT2D eigenvalue weighted by Crippen LogP contribution is 2.39. The van der Waals surface area contributed by atoms with Crippen LogP contribution in [0.3, 0.4) is 0 Å². The van der Waals surface area contributed by atoms with Crippen LogP contribution < -0.4 is 4.90 Å². The molecule has 2 aromatic heterocycles. The summed E-state index contributed by atoms with van der Waals surface area (Å²) in [5.74, 6) is 0. The lowest BCUT2D eigenvalue weighted by atomic mass is 9.99. The zero-order valence-electron chi connectivity index (χ0n) is 11.7. The molecule has 0 N–H and O–H groups in total. The van der Waals surface area contributed by atoms with E-state index in [1.54, 1.807) is 11.3 Å². The number of benzene rings is 1. The minimum absolute atomic E-state index is 0.176. The lowest BCUT2D eigenvalue weighted by Gasteiger charge is -2.33. The first-order valence-electron chi connectivity index (χ1n) is 6.90. The summed E-state index contributed by atoms with van der Waals surface area (Å²) in [6, 6.07) is 8.76. The van der Waals surface area contributed by atoms with Crippen molar-refractivity contribution in [3.8, 4) is 0 Å². The third-order valence-corrected chi connectivity index (χ3v) is 5.08. The number of para-hydroxylation sites is 1. The van der Waals surface area contributed by atoms with Crippen molar-refractivity contribution in [1.82, 2.24) is 9.38 Å². The van der Waals surface area contributed by atoms with Gasteiger partial charge in [0.15, 0.2) is 4.96 Å². The highest BCUT2D eigenvalue weighted by molar-refractivity contribution is 7.17. The van der Waals surface area contributed by atoms with Crippen LogP contribution in [-0.2, 0) is 13.0 Å². The van der Waals surface area contributed by atoms with Crippen molar-refractivity contribution in [1.29, 1.82) is 0 Å². The van der Waals surface area contributed by atoms with Gasteiger partial charge in [-0.1, -0.05) is 29.5 Å². The van der Waals surface area contributed by atoms with Crippen LogP contribution in [0.2, 0.25) is 0 Å². The SMILES string of the molecule is CC1(C)Cc2ccccc2N1Cc1cn2ccnc2s1.